The zero-order chi connectivity index (χ0) is 26.4. The number of likely N-dealkylation sites (N-methyl/N-ethyl adjacent to an activating group) is 1. The number of benzene rings is 1. The van der Waals surface area contributed by atoms with Gasteiger partial charge in [0, 0.05) is 68.0 Å². The molecule has 2 N–H and O–H groups in total. The minimum Gasteiger partial charge on any atom is -0.507 e. The number of Topliss-reactive ketones (excluding diaryl/α,β-unsaturated/α-hetero) is 2. The van der Waals surface area contributed by atoms with Crippen LogP contribution >= 0.6 is 0 Å². The summed E-state index contributed by atoms with van der Waals surface area (Å²) in [6, 6.07) is 4.58. The molecule has 0 atom stereocenters. The Hall–Kier alpha value is -3.69. The number of phenols is 1. The highest BCUT2D eigenvalue weighted by molar-refractivity contribution is 6.63. The van der Waals surface area contributed by atoms with Gasteiger partial charge in [0.15, 0.2) is 5.78 Å². The Morgan fingerprint density at radius 2 is 1.61 bits per heavy atom. The van der Waals surface area contributed by atoms with Crippen LogP contribution in [0.5, 0.6) is 5.75 Å². The SMILES string of the molecule is CCOCN(CC)c1ccc(C2=C(O)/C(=C3/C=CC(N(CC)CCOC)=CC3=O)C(=O)C2=O)c(O)c1. The second-order valence-corrected chi connectivity index (χ2v) is 8.19. The van der Waals surface area contributed by atoms with Crippen molar-refractivity contribution in [2.45, 2.75) is 20.8 Å². The molecule has 3 rings (SSSR count). The Morgan fingerprint density at radius 3 is 2.19 bits per heavy atom. The fourth-order valence-corrected chi connectivity index (χ4v) is 4.13. The molecule has 192 valence electrons. The molecule has 1 aromatic carbocycles. The van der Waals surface area contributed by atoms with Gasteiger partial charge in [-0.05, 0) is 45.1 Å². The molecule has 0 unspecified atom stereocenters. The monoisotopic (exact) mass is 496 g/mol. The average molecular weight is 497 g/mol. The predicted molar refractivity (Wildman–Crippen MR) is 136 cm³/mol. The maximum Gasteiger partial charge on any atom is 0.238 e. The number of aromatic hydroxyl groups is 1. The summed E-state index contributed by atoms with van der Waals surface area (Å²) in [7, 11) is 1.59. The summed E-state index contributed by atoms with van der Waals surface area (Å²) < 4.78 is 10.5. The summed E-state index contributed by atoms with van der Waals surface area (Å²) in [5, 5.41) is 21.6. The number of carbonyl (C=O) groups is 3. The van der Waals surface area contributed by atoms with E-state index in [1.807, 2.05) is 30.6 Å². The number of methoxy groups -OCH3 is 1. The van der Waals surface area contributed by atoms with Crippen molar-refractivity contribution < 1.29 is 34.1 Å². The lowest BCUT2D eigenvalue weighted by molar-refractivity contribution is -0.130. The maximum atomic E-state index is 12.9. The molecule has 2 aliphatic rings. The van der Waals surface area contributed by atoms with Crippen LogP contribution in [0.25, 0.3) is 5.57 Å². The molecule has 0 fully saturated rings. The molecular weight excluding hydrogens is 464 g/mol. The molecule has 9 heteroatoms. The molecule has 0 aliphatic heterocycles. The van der Waals surface area contributed by atoms with Crippen molar-refractivity contribution in [3.8, 4) is 5.75 Å². The summed E-state index contributed by atoms with van der Waals surface area (Å²) in [4.78, 5) is 42.5. The molecule has 36 heavy (non-hydrogen) atoms. The van der Waals surface area contributed by atoms with E-state index in [0.717, 1.165) is 0 Å². The van der Waals surface area contributed by atoms with Crippen LogP contribution in [-0.2, 0) is 23.9 Å². The second kappa shape index (κ2) is 11.8. The number of ether oxygens (including phenoxy) is 2. The van der Waals surface area contributed by atoms with Gasteiger partial charge in [-0.1, -0.05) is 0 Å². The van der Waals surface area contributed by atoms with E-state index in [0.29, 0.717) is 51.0 Å². The first-order chi connectivity index (χ1) is 17.3. The number of aliphatic hydroxyl groups excluding tert-OH is 1. The van der Waals surface area contributed by atoms with Crippen molar-refractivity contribution in [2.75, 3.05) is 51.6 Å². The highest BCUT2D eigenvalue weighted by Gasteiger charge is 2.41. The zero-order valence-electron chi connectivity index (χ0n) is 21.0. The molecule has 0 amide bonds. The number of phenolic OH excluding ortho intramolecular Hbond substituents is 1. The van der Waals surface area contributed by atoms with E-state index in [4.69, 9.17) is 9.47 Å². The number of rotatable bonds is 11. The largest absolute Gasteiger partial charge is 0.507 e. The fourth-order valence-electron chi connectivity index (χ4n) is 4.13. The van der Waals surface area contributed by atoms with Gasteiger partial charge in [0.2, 0.25) is 11.6 Å². The number of ketones is 3. The quantitative estimate of drug-likeness (QED) is 0.271. The Bertz CT molecular complexity index is 1180. The van der Waals surface area contributed by atoms with E-state index < -0.39 is 23.1 Å². The van der Waals surface area contributed by atoms with Crippen LogP contribution in [0, 0.1) is 0 Å². The van der Waals surface area contributed by atoms with Crippen molar-refractivity contribution in [3.05, 3.63) is 64.6 Å². The van der Waals surface area contributed by atoms with Crippen molar-refractivity contribution in [1.82, 2.24) is 4.90 Å². The van der Waals surface area contributed by atoms with Gasteiger partial charge in [-0.25, -0.2) is 0 Å². The lowest BCUT2D eigenvalue weighted by Crippen LogP contribution is -2.27. The number of allylic oxidation sites excluding steroid dienone is 6. The molecule has 0 bridgehead atoms. The highest BCUT2D eigenvalue weighted by Crippen LogP contribution is 2.39. The molecule has 0 radical (unpaired) electrons. The highest BCUT2D eigenvalue weighted by atomic mass is 16.5. The smallest absolute Gasteiger partial charge is 0.238 e. The topological polar surface area (TPSA) is 117 Å². The molecule has 1 aromatic rings. The third kappa shape index (κ3) is 5.27. The van der Waals surface area contributed by atoms with Crippen LogP contribution in [0.4, 0.5) is 5.69 Å². The van der Waals surface area contributed by atoms with Crippen molar-refractivity contribution >= 4 is 28.6 Å². The van der Waals surface area contributed by atoms with E-state index in [1.54, 1.807) is 19.3 Å². The molecule has 0 saturated carbocycles. The van der Waals surface area contributed by atoms with Gasteiger partial charge in [0.05, 0.1) is 17.8 Å². The zero-order valence-corrected chi connectivity index (χ0v) is 21.0. The average Bonchev–Trinajstić information content (AvgIpc) is 3.08. The summed E-state index contributed by atoms with van der Waals surface area (Å²) in [6.45, 7) is 8.91. The summed E-state index contributed by atoms with van der Waals surface area (Å²) in [5.74, 6) is -3.37. The van der Waals surface area contributed by atoms with Gasteiger partial charge < -0.3 is 29.5 Å². The first-order valence-electron chi connectivity index (χ1n) is 11.9. The molecule has 9 nitrogen and oxygen atoms in total. The van der Waals surface area contributed by atoms with Gasteiger partial charge in [0.25, 0.3) is 0 Å². The molecule has 2 aliphatic carbocycles. The van der Waals surface area contributed by atoms with Crippen molar-refractivity contribution in [3.63, 3.8) is 0 Å². The minimum absolute atomic E-state index is 0.0119. The van der Waals surface area contributed by atoms with Gasteiger partial charge in [-0.2, -0.15) is 0 Å². The van der Waals surface area contributed by atoms with Crippen LogP contribution in [0.3, 0.4) is 0 Å². The van der Waals surface area contributed by atoms with E-state index >= 15 is 0 Å². The Kier molecular flexibility index (Phi) is 8.84. The Balaban J connectivity index is 1.98. The molecule has 0 heterocycles. The van der Waals surface area contributed by atoms with Gasteiger partial charge in [-0.3, -0.25) is 14.4 Å². The number of hydrogen-bond acceptors (Lipinski definition) is 9. The van der Waals surface area contributed by atoms with E-state index in [-0.39, 0.29) is 28.0 Å². The molecule has 0 saturated heterocycles. The van der Waals surface area contributed by atoms with Crippen LogP contribution < -0.4 is 4.90 Å². The lowest BCUT2D eigenvalue weighted by Gasteiger charge is -2.25. The van der Waals surface area contributed by atoms with E-state index in [2.05, 4.69) is 0 Å². The number of anilines is 1. The number of aliphatic hydroxyl groups is 1. The van der Waals surface area contributed by atoms with E-state index in [1.165, 1.54) is 24.3 Å². The standard InChI is InChI=1S/C27H32N2O7/c1-5-28(12-13-35-4)17-8-10-19(21(30)14-17)23-25(32)24(27(34)26(23)33)20-11-9-18(15-22(20)31)29(6-2)16-36-7-3/h8-11,14-15,31-32H,5-7,12-13,16H2,1-4H3/b23-19+. The summed E-state index contributed by atoms with van der Waals surface area (Å²) >= 11 is 0. The first kappa shape index (κ1) is 26.9. The third-order valence-electron chi connectivity index (χ3n) is 6.13. The first-order valence-corrected chi connectivity index (χ1v) is 11.9. The number of carbonyl (C=O) groups excluding carboxylic acids is 3. The van der Waals surface area contributed by atoms with Crippen LogP contribution in [-0.4, -0.2) is 79.2 Å². The van der Waals surface area contributed by atoms with Crippen LogP contribution in [0.15, 0.2) is 59.0 Å². The van der Waals surface area contributed by atoms with Crippen LogP contribution in [0.2, 0.25) is 0 Å². The van der Waals surface area contributed by atoms with Crippen LogP contribution in [0.1, 0.15) is 26.3 Å². The summed E-state index contributed by atoms with van der Waals surface area (Å²) in [5.41, 5.74) is 0.548. The van der Waals surface area contributed by atoms with Gasteiger partial charge in [0.1, 0.15) is 18.2 Å². The van der Waals surface area contributed by atoms with Crippen molar-refractivity contribution in [1.29, 1.82) is 0 Å². The second-order valence-electron chi connectivity index (χ2n) is 8.19. The number of nitrogens with zero attached hydrogens (tertiary/aromatic N) is 2. The summed E-state index contributed by atoms with van der Waals surface area (Å²) in [6.07, 6.45) is 4.47. The predicted octanol–water partition coefficient (Wildman–Crippen LogP) is 2.92. The Labute approximate surface area is 210 Å². The number of hydrogen-bond donors (Lipinski definition) is 2. The molecule has 0 aromatic heterocycles. The third-order valence-corrected chi connectivity index (χ3v) is 6.13. The Morgan fingerprint density at radius 1 is 0.917 bits per heavy atom. The minimum atomic E-state index is -0.992. The van der Waals surface area contributed by atoms with Crippen molar-refractivity contribution in [2.24, 2.45) is 0 Å². The maximum absolute atomic E-state index is 12.9. The van der Waals surface area contributed by atoms with E-state index in [9.17, 15) is 24.6 Å². The molecular formula is C27H32N2O7. The van der Waals surface area contributed by atoms with Gasteiger partial charge >= 0.3 is 0 Å². The molecule has 0 spiro atoms. The fraction of sp³-hybridized carbons (Fsp3) is 0.370. The normalized spacial score (nSPS) is 17.8. The lowest BCUT2D eigenvalue weighted by atomic mass is 9.96. The van der Waals surface area contributed by atoms with Gasteiger partial charge in [-0.15, -0.1) is 0 Å².